The summed E-state index contributed by atoms with van der Waals surface area (Å²) in [4.78, 5) is 13.3. The van der Waals surface area contributed by atoms with Gasteiger partial charge in [-0.2, -0.15) is 5.10 Å². The number of fused-ring (bicyclic) bond motifs is 1. The Morgan fingerprint density at radius 1 is 0.900 bits per heavy atom. The van der Waals surface area contributed by atoms with Crippen LogP contribution in [-0.4, -0.2) is 30.4 Å². The van der Waals surface area contributed by atoms with Gasteiger partial charge in [-0.25, -0.2) is 26.2 Å². The number of amides is 1. The molecule has 5 rings (SSSR count). The summed E-state index contributed by atoms with van der Waals surface area (Å²) < 4.78 is 56.5. The Labute approximate surface area is 238 Å². The van der Waals surface area contributed by atoms with E-state index >= 15 is 4.39 Å². The molecule has 0 unspecified atom stereocenters. The van der Waals surface area contributed by atoms with Crippen LogP contribution in [0.15, 0.2) is 84.9 Å². The molecule has 0 fully saturated rings. The summed E-state index contributed by atoms with van der Waals surface area (Å²) in [5.74, 6) is -2.52. The van der Waals surface area contributed by atoms with Gasteiger partial charge in [-0.15, -0.1) is 0 Å². The van der Waals surface area contributed by atoms with Gasteiger partial charge >= 0.3 is 0 Å². The Bertz CT molecular complexity index is 1910. The molecule has 1 heterocycles. The molecule has 0 N–H and O–H groups in total. The standard InChI is InChI=1S/C29H19Cl2F2N3O3S/c1-40(38,39)36(20-8-3-2-4-9-20)29(37)21-16-23(31)28(17-25(21)33)35-27-14-12-19(30)15-22(27)26(34-35)13-11-18-7-5-6-10-24(18)32/h2-17H,1H3. The third-order valence-corrected chi connectivity index (χ3v) is 7.58. The number of sulfonamides is 1. The maximum absolute atomic E-state index is 15.5. The fourth-order valence-electron chi connectivity index (χ4n) is 4.19. The van der Waals surface area contributed by atoms with Crippen LogP contribution >= 0.6 is 23.2 Å². The molecule has 0 aliphatic rings. The lowest BCUT2D eigenvalue weighted by molar-refractivity contribution is 0.100. The molecule has 5 aromatic rings. The average Bonchev–Trinajstić information content (AvgIpc) is 3.26. The first-order chi connectivity index (χ1) is 19.0. The molecule has 40 heavy (non-hydrogen) atoms. The zero-order chi connectivity index (χ0) is 28.6. The Morgan fingerprint density at radius 3 is 2.30 bits per heavy atom. The minimum Gasteiger partial charge on any atom is -0.267 e. The van der Waals surface area contributed by atoms with E-state index in [1.807, 2.05) is 0 Å². The van der Waals surface area contributed by atoms with Crippen molar-refractivity contribution in [3.8, 4) is 5.69 Å². The number of carbonyl (C=O) groups is 1. The quantitative estimate of drug-likeness (QED) is 0.204. The van der Waals surface area contributed by atoms with Crippen LogP contribution in [0.5, 0.6) is 0 Å². The van der Waals surface area contributed by atoms with Crippen molar-refractivity contribution in [1.82, 2.24) is 9.78 Å². The van der Waals surface area contributed by atoms with Crippen molar-refractivity contribution in [1.29, 1.82) is 0 Å². The van der Waals surface area contributed by atoms with E-state index in [2.05, 4.69) is 5.10 Å². The molecule has 6 nitrogen and oxygen atoms in total. The topological polar surface area (TPSA) is 72.3 Å². The van der Waals surface area contributed by atoms with E-state index in [-0.39, 0.29) is 16.4 Å². The number of anilines is 1. The molecule has 1 aromatic heterocycles. The van der Waals surface area contributed by atoms with E-state index < -0.39 is 33.1 Å². The molecular weight excluding hydrogens is 579 g/mol. The summed E-state index contributed by atoms with van der Waals surface area (Å²) in [5.41, 5.74) is 0.870. The van der Waals surface area contributed by atoms with E-state index in [0.29, 0.717) is 31.5 Å². The summed E-state index contributed by atoms with van der Waals surface area (Å²) >= 11 is 12.8. The lowest BCUT2D eigenvalue weighted by Crippen LogP contribution is -2.36. The largest absolute Gasteiger partial charge is 0.275 e. The van der Waals surface area contributed by atoms with E-state index in [0.717, 1.165) is 18.4 Å². The van der Waals surface area contributed by atoms with E-state index in [1.165, 1.54) is 22.9 Å². The van der Waals surface area contributed by atoms with Crippen molar-refractivity contribution < 1.29 is 22.0 Å². The molecule has 0 aliphatic heterocycles. The summed E-state index contributed by atoms with van der Waals surface area (Å²) in [6.07, 6.45) is 4.00. The highest BCUT2D eigenvalue weighted by atomic mass is 35.5. The molecular formula is C29H19Cl2F2N3O3S. The molecule has 11 heteroatoms. The first-order valence-corrected chi connectivity index (χ1v) is 14.3. The van der Waals surface area contributed by atoms with Crippen LogP contribution in [0.3, 0.4) is 0 Å². The van der Waals surface area contributed by atoms with Gasteiger partial charge in [0.1, 0.15) is 11.6 Å². The van der Waals surface area contributed by atoms with E-state index in [1.54, 1.807) is 66.7 Å². The SMILES string of the molecule is CS(=O)(=O)N(C(=O)c1cc(Cl)c(-n2nc(C=Cc3ccccc3F)c3cc(Cl)ccc32)cc1F)c1ccccc1. The smallest absolute Gasteiger partial charge is 0.267 e. The van der Waals surface area contributed by atoms with Crippen molar-refractivity contribution in [2.75, 3.05) is 10.6 Å². The van der Waals surface area contributed by atoms with Gasteiger partial charge in [-0.1, -0.05) is 59.6 Å². The van der Waals surface area contributed by atoms with Gasteiger partial charge in [0.2, 0.25) is 10.0 Å². The number of aromatic nitrogens is 2. The number of hydrogen-bond donors (Lipinski definition) is 0. The van der Waals surface area contributed by atoms with Crippen LogP contribution in [0.4, 0.5) is 14.5 Å². The normalized spacial score (nSPS) is 11.8. The monoisotopic (exact) mass is 597 g/mol. The van der Waals surface area contributed by atoms with Crippen LogP contribution in [-0.2, 0) is 10.0 Å². The van der Waals surface area contributed by atoms with Crippen molar-refractivity contribution >= 4 is 67.9 Å². The highest BCUT2D eigenvalue weighted by molar-refractivity contribution is 7.92. The fraction of sp³-hybridized carbons (Fsp3) is 0.0345. The summed E-state index contributed by atoms with van der Waals surface area (Å²) in [5, 5.41) is 5.50. The molecule has 0 bridgehead atoms. The second-order valence-electron chi connectivity index (χ2n) is 8.76. The highest BCUT2D eigenvalue weighted by Crippen LogP contribution is 2.32. The third-order valence-electron chi connectivity index (χ3n) is 6.00. The molecule has 0 aliphatic carbocycles. The molecule has 4 aromatic carbocycles. The molecule has 0 saturated carbocycles. The van der Waals surface area contributed by atoms with Crippen LogP contribution in [0, 0.1) is 11.6 Å². The number of para-hydroxylation sites is 1. The molecule has 202 valence electrons. The first kappa shape index (κ1) is 27.5. The van der Waals surface area contributed by atoms with Crippen LogP contribution in [0.1, 0.15) is 21.6 Å². The minimum absolute atomic E-state index is 0.0517. The maximum Gasteiger partial charge on any atom is 0.275 e. The van der Waals surface area contributed by atoms with E-state index in [4.69, 9.17) is 23.2 Å². The lowest BCUT2D eigenvalue weighted by Gasteiger charge is -2.21. The molecule has 1 amide bonds. The molecule has 0 atom stereocenters. The lowest BCUT2D eigenvalue weighted by atomic mass is 10.1. The van der Waals surface area contributed by atoms with E-state index in [9.17, 15) is 17.6 Å². The van der Waals surface area contributed by atoms with Crippen molar-refractivity contribution in [3.63, 3.8) is 0 Å². The zero-order valence-corrected chi connectivity index (χ0v) is 23.1. The number of benzene rings is 4. The maximum atomic E-state index is 15.5. The average molecular weight is 598 g/mol. The van der Waals surface area contributed by atoms with Gasteiger partial charge in [0.15, 0.2) is 0 Å². The van der Waals surface area contributed by atoms with Crippen molar-refractivity contribution in [2.45, 2.75) is 0 Å². The number of nitrogens with zero attached hydrogens (tertiary/aromatic N) is 3. The Morgan fingerprint density at radius 2 is 1.60 bits per heavy atom. The Hall–Kier alpha value is -4.05. The second kappa shape index (κ2) is 10.8. The molecule has 0 saturated heterocycles. The second-order valence-corrected chi connectivity index (χ2v) is 11.4. The number of halogens is 4. The van der Waals surface area contributed by atoms with Gasteiger partial charge in [-0.3, -0.25) is 4.79 Å². The molecule has 0 radical (unpaired) electrons. The van der Waals surface area contributed by atoms with Gasteiger partial charge in [0, 0.05) is 22.0 Å². The fourth-order valence-corrected chi connectivity index (χ4v) is 5.51. The number of carbonyl (C=O) groups excluding carboxylic acids is 1. The van der Waals surface area contributed by atoms with Crippen molar-refractivity contribution in [3.05, 3.63) is 123 Å². The summed E-state index contributed by atoms with van der Waals surface area (Å²) in [6, 6.07) is 20.8. The minimum atomic E-state index is -4.11. The third kappa shape index (κ3) is 5.36. The zero-order valence-electron chi connectivity index (χ0n) is 20.7. The number of rotatable bonds is 6. The first-order valence-electron chi connectivity index (χ1n) is 11.7. The van der Waals surface area contributed by atoms with Crippen LogP contribution in [0.2, 0.25) is 10.0 Å². The number of hydrogen-bond acceptors (Lipinski definition) is 4. The van der Waals surface area contributed by atoms with Gasteiger partial charge in [0.05, 0.1) is 39.4 Å². The summed E-state index contributed by atoms with van der Waals surface area (Å²) in [6.45, 7) is 0. The highest BCUT2D eigenvalue weighted by Gasteiger charge is 2.29. The van der Waals surface area contributed by atoms with Crippen LogP contribution in [0.25, 0.3) is 28.7 Å². The summed E-state index contributed by atoms with van der Waals surface area (Å²) in [7, 11) is -4.11. The Kier molecular flexibility index (Phi) is 7.46. The van der Waals surface area contributed by atoms with Gasteiger partial charge in [0.25, 0.3) is 5.91 Å². The van der Waals surface area contributed by atoms with Crippen molar-refractivity contribution in [2.24, 2.45) is 0 Å². The Balaban J connectivity index is 1.61. The predicted molar refractivity (Wildman–Crippen MR) is 154 cm³/mol. The molecule has 0 spiro atoms. The van der Waals surface area contributed by atoms with Crippen LogP contribution < -0.4 is 4.31 Å². The van der Waals surface area contributed by atoms with Gasteiger partial charge in [-0.05, 0) is 54.6 Å². The predicted octanol–water partition coefficient (Wildman–Crippen LogP) is 7.39. The van der Waals surface area contributed by atoms with Gasteiger partial charge < -0.3 is 0 Å².